The molecule has 0 radical (unpaired) electrons. The summed E-state index contributed by atoms with van der Waals surface area (Å²) in [5.74, 6) is 0.871. The van der Waals surface area contributed by atoms with Crippen LogP contribution in [-0.2, 0) is 11.3 Å². The summed E-state index contributed by atoms with van der Waals surface area (Å²) >= 11 is 0. The molecule has 2 aromatic carbocycles. The van der Waals surface area contributed by atoms with E-state index in [1.165, 1.54) is 0 Å². The quantitative estimate of drug-likeness (QED) is 0.604. The Hall–Kier alpha value is -3.18. The molecule has 0 aliphatic heterocycles. The lowest BCUT2D eigenvalue weighted by molar-refractivity contribution is 0.185. The molecule has 0 amide bonds. The molecule has 25 heavy (non-hydrogen) atoms. The highest BCUT2D eigenvalue weighted by Gasteiger charge is 2.13. The van der Waals surface area contributed by atoms with E-state index in [-0.39, 0.29) is 0 Å². The third-order valence-corrected chi connectivity index (χ3v) is 4.04. The number of hydrogen-bond donors (Lipinski definition) is 1. The van der Waals surface area contributed by atoms with E-state index in [0.717, 1.165) is 27.8 Å². The number of nitrogens with two attached hydrogens (primary N) is 1. The molecule has 5 nitrogen and oxygen atoms in total. The normalized spacial score (nSPS) is 11.1. The lowest BCUT2D eigenvalue weighted by Crippen LogP contribution is -1.95. The highest BCUT2D eigenvalue weighted by Crippen LogP contribution is 2.31. The zero-order valence-electron chi connectivity index (χ0n) is 13.8. The van der Waals surface area contributed by atoms with E-state index in [9.17, 15) is 0 Å². The molecule has 0 saturated heterocycles. The van der Waals surface area contributed by atoms with Crippen molar-refractivity contribution in [3.05, 3.63) is 66.4 Å². The highest BCUT2D eigenvalue weighted by molar-refractivity contribution is 5.80. The second-order valence-electron chi connectivity index (χ2n) is 5.77. The Morgan fingerprint density at radius 2 is 1.84 bits per heavy atom. The zero-order valence-corrected chi connectivity index (χ0v) is 13.8. The number of methoxy groups -OCH3 is 1. The lowest BCUT2D eigenvalue weighted by Gasteiger charge is -2.07. The molecule has 2 heterocycles. The molecule has 0 unspecified atom stereocenters. The number of hydrogen-bond acceptors (Lipinski definition) is 5. The van der Waals surface area contributed by atoms with Gasteiger partial charge in [0.05, 0.1) is 12.2 Å². The fraction of sp³-hybridized carbons (Fsp3) is 0.100. The van der Waals surface area contributed by atoms with Gasteiger partial charge in [-0.05, 0) is 29.3 Å². The molecule has 0 bridgehead atoms. The van der Waals surface area contributed by atoms with Gasteiger partial charge in [-0.1, -0.05) is 36.4 Å². The molecule has 0 aliphatic rings. The molecule has 5 heteroatoms. The summed E-state index contributed by atoms with van der Waals surface area (Å²) in [5, 5.41) is 0. The van der Waals surface area contributed by atoms with Crippen LogP contribution in [0.3, 0.4) is 0 Å². The number of nitrogens with zero attached hydrogens (tertiary/aromatic N) is 2. The SMILES string of the molecule is COCc1ccc(-c2cnc(N)c(-c3nc4ccccc4o3)c2)cc1. The van der Waals surface area contributed by atoms with Gasteiger partial charge in [-0.2, -0.15) is 0 Å². The van der Waals surface area contributed by atoms with E-state index in [0.29, 0.717) is 23.9 Å². The number of rotatable bonds is 4. The van der Waals surface area contributed by atoms with Crippen molar-refractivity contribution in [1.82, 2.24) is 9.97 Å². The summed E-state index contributed by atoms with van der Waals surface area (Å²) in [4.78, 5) is 8.83. The lowest BCUT2D eigenvalue weighted by atomic mass is 10.0. The number of anilines is 1. The monoisotopic (exact) mass is 331 g/mol. The van der Waals surface area contributed by atoms with Crippen LogP contribution in [0.4, 0.5) is 5.82 Å². The van der Waals surface area contributed by atoms with Crippen molar-refractivity contribution >= 4 is 16.9 Å². The van der Waals surface area contributed by atoms with Gasteiger partial charge in [0.2, 0.25) is 5.89 Å². The van der Waals surface area contributed by atoms with Crippen molar-refractivity contribution in [3.63, 3.8) is 0 Å². The van der Waals surface area contributed by atoms with Gasteiger partial charge in [0.1, 0.15) is 11.3 Å². The van der Waals surface area contributed by atoms with E-state index in [1.807, 2.05) is 54.6 Å². The van der Waals surface area contributed by atoms with Gasteiger partial charge in [-0.3, -0.25) is 0 Å². The van der Waals surface area contributed by atoms with Crippen LogP contribution in [0, 0.1) is 0 Å². The molecular weight excluding hydrogens is 314 g/mol. The Balaban J connectivity index is 1.75. The van der Waals surface area contributed by atoms with E-state index >= 15 is 0 Å². The molecule has 4 rings (SSSR count). The van der Waals surface area contributed by atoms with Crippen LogP contribution in [-0.4, -0.2) is 17.1 Å². The highest BCUT2D eigenvalue weighted by atomic mass is 16.5. The minimum absolute atomic E-state index is 0.395. The predicted octanol–water partition coefficient (Wildman–Crippen LogP) is 4.29. The van der Waals surface area contributed by atoms with Crippen molar-refractivity contribution in [1.29, 1.82) is 0 Å². The second-order valence-corrected chi connectivity index (χ2v) is 5.77. The minimum Gasteiger partial charge on any atom is -0.436 e. The molecule has 2 aromatic heterocycles. The number of para-hydroxylation sites is 2. The number of benzene rings is 2. The molecule has 4 aromatic rings. The fourth-order valence-electron chi connectivity index (χ4n) is 2.75. The standard InChI is InChI=1S/C20H17N3O2/c1-24-12-13-6-8-14(9-7-13)15-10-16(19(21)22-11-15)20-23-17-4-2-3-5-18(17)25-20/h2-11H,12H2,1H3,(H2,21,22). The van der Waals surface area contributed by atoms with Gasteiger partial charge >= 0.3 is 0 Å². The van der Waals surface area contributed by atoms with Crippen LogP contribution in [0.1, 0.15) is 5.56 Å². The summed E-state index contributed by atoms with van der Waals surface area (Å²) in [6.07, 6.45) is 1.76. The van der Waals surface area contributed by atoms with E-state index in [4.69, 9.17) is 14.9 Å². The molecule has 124 valence electrons. The molecule has 2 N–H and O–H groups in total. The molecule has 0 saturated carbocycles. The number of pyridine rings is 1. The second kappa shape index (κ2) is 6.37. The van der Waals surface area contributed by atoms with Gasteiger partial charge in [-0.25, -0.2) is 9.97 Å². The Kier molecular flexibility index (Phi) is 3.91. The summed E-state index contributed by atoms with van der Waals surface area (Å²) in [6.45, 7) is 0.592. The average molecular weight is 331 g/mol. The number of oxazole rings is 1. The fourth-order valence-corrected chi connectivity index (χ4v) is 2.75. The third kappa shape index (κ3) is 2.97. The first-order valence-corrected chi connectivity index (χ1v) is 7.94. The maximum atomic E-state index is 6.06. The third-order valence-electron chi connectivity index (χ3n) is 4.04. The van der Waals surface area contributed by atoms with E-state index < -0.39 is 0 Å². The first-order chi connectivity index (χ1) is 12.2. The Bertz CT molecular complexity index is 990. The summed E-state index contributed by atoms with van der Waals surface area (Å²) in [7, 11) is 1.68. The Labute approximate surface area is 145 Å². The van der Waals surface area contributed by atoms with Crippen LogP contribution in [0.25, 0.3) is 33.7 Å². The molecule has 0 spiro atoms. The van der Waals surface area contributed by atoms with Crippen LogP contribution < -0.4 is 5.73 Å². The van der Waals surface area contributed by atoms with Crippen molar-refractivity contribution in [3.8, 4) is 22.6 Å². The minimum atomic E-state index is 0.395. The van der Waals surface area contributed by atoms with Crippen molar-refractivity contribution in [2.45, 2.75) is 6.61 Å². The maximum absolute atomic E-state index is 6.06. The predicted molar refractivity (Wildman–Crippen MR) is 97.8 cm³/mol. The van der Waals surface area contributed by atoms with Crippen molar-refractivity contribution in [2.75, 3.05) is 12.8 Å². The summed E-state index contributed by atoms with van der Waals surface area (Å²) in [5.41, 5.74) is 11.4. The Morgan fingerprint density at radius 1 is 1.04 bits per heavy atom. The number of nitrogen functional groups attached to an aromatic ring is 1. The first-order valence-electron chi connectivity index (χ1n) is 7.94. The van der Waals surface area contributed by atoms with E-state index in [2.05, 4.69) is 9.97 Å². The molecule has 0 atom stereocenters. The van der Waals surface area contributed by atoms with Gasteiger partial charge < -0.3 is 14.9 Å². The number of ether oxygens (including phenoxy) is 1. The van der Waals surface area contributed by atoms with Crippen LogP contribution >= 0.6 is 0 Å². The van der Waals surface area contributed by atoms with Crippen molar-refractivity contribution < 1.29 is 9.15 Å². The van der Waals surface area contributed by atoms with Gasteiger partial charge in [0.15, 0.2) is 5.58 Å². The van der Waals surface area contributed by atoms with Crippen LogP contribution in [0.5, 0.6) is 0 Å². The topological polar surface area (TPSA) is 74.2 Å². The smallest absolute Gasteiger partial charge is 0.231 e. The molecule has 0 fully saturated rings. The summed E-state index contributed by atoms with van der Waals surface area (Å²) in [6, 6.07) is 17.7. The molecular formula is C20H17N3O2. The van der Waals surface area contributed by atoms with Gasteiger partial charge in [-0.15, -0.1) is 0 Å². The van der Waals surface area contributed by atoms with Crippen LogP contribution in [0.15, 0.2) is 65.2 Å². The number of aromatic nitrogens is 2. The largest absolute Gasteiger partial charge is 0.436 e. The Morgan fingerprint density at radius 3 is 2.60 bits per heavy atom. The van der Waals surface area contributed by atoms with Gasteiger partial charge in [0, 0.05) is 18.9 Å². The maximum Gasteiger partial charge on any atom is 0.231 e. The number of fused-ring (bicyclic) bond motifs is 1. The van der Waals surface area contributed by atoms with Crippen LogP contribution in [0.2, 0.25) is 0 Å². The summed E-state index contributed by atoms with van der Waals surface area (Å²) < 4.78 is 11.0. The molecule has 0 aliphatic carbocycles. The van der Waals surface area contributed by atoms with Gasteiger partial charge in [0.25, 0.3) is 0 Å². The average Bonchev–Trinajstić information content (AvgIpc) is 3.07. The van der Waals surface area contributed by atoms with E-state index in [1.54, 1.807) is 13.3 Å². The first kappa shape index (κ1) is 15.4. The zero-order chi connectivity index (χ0) is 17.2. The van der Waals surface area contributed by atoms with Crippen molar-refractivity contribution in [2.24, 2.45) is 0 Å².